The minimum absolute atomic E-state index is 0.0507. The zero-order valence-corrected chi connectivity index (χ0v) is 11.3. The Morgan fingerprint density at radius 1 is 1.50 bits per heavy atom. The average Bonchev–Trinajstić information content (AvgIpc) is 2.29. The summed E-state index contributed by atoms with van der Waals surface area (Å²) in [6, 6.07) is 5.10. The third-order valence-corrected chi connectivity index (χ3v) is 3.74. The number of aliphatic hydroxyl groups is 1. The molecule has 0 amide bonds. The van der Waals surface area contributed by atoms with Gasteiger partial charge in [0.1, 0.15) is 11.9 Å². The molecular formula is C14H17ClO3. The summed E-state index contributed by atoms with van der Waals surface area (Å²) < 4.78 is 5.88. The van der Waals surface area contributed by atoms with Crippen LogP contribution >= 0.6 is 11.6 Å². The van der Waals surface area contributed by atoms with Crippen molar-refractivity contribution in [1.82, 2.24) is 0 Å². The predicted octanol–water partition coefficient (Wildman–Crippen LogP) is 3.08. The number of aliphatic hydroxyl groups excluding tert-OH is 1. The molecule has 0 spiro atoms. The Morgan fingerprint density at radius 3 is 2.89 bits per heavy atom. The normalized spacial score (nSPS) is 19.3. The topological polar surface area (TPSA) is 46.5 Å². The fourth-order valence-corrected chi connectivity index (χ4v) is 2.35. The van der Waals surface area contributed by atoms with E-state index in [2.05, 4.69) is 0 Å². The number of carbonyl (C=O) groups is 1. The lowest BCUT2D eigenvalue weighted by molar-refractivity contribution is 0.0338. The zero-order chi connectivity index (χ0) is 13.3. The number of ether oxygens (including phenoxy) is 1. The van der Waals surface area contributed by atoms with Crippen LogP contribution in [0.25, 0.3) is 0 Å². The molecule has 3 nitrogen and oxygen atoms in total. The van der Waals surface area contributed by atoms with Crippen LogP contribution in [-0.4, -0.2) is 23.6 Å². The highest BCUT2D eigenvalue weighted by atomic mass is 35.5. The summed E-state index contributed by atoms with van der Waals surface area (Å²) in [6.07, 6.45) is 0.736. The lowest BCUT2D eigenvalue weighted by atomic mass is 9.79. The van der Waals surface area contributed by atoms with Crippen molar-refractivity contribution in [3.8, 4) is 5.75 Å². The standard InChI is InChI=1S/C14H17ClO3/c1-14(2,5-6-16)13-8-11(17)10-7-9(15)3-4-12(10)18-13/h3-4,7,13,16H,5-6,8H2,1-2H3/t13-/m0/s1. The summed E-state index contributed by atoms with van der Waals surface area (Å²) in [6.45, 7) is 4.10. The largest absolute Gasteiger partial charge is 0.489 e. The number of hydrogen-bond acceptors (Lipinski definition) is 3. The van der Waals surface area contributed by atoms with Crippen LogP contribution in [0.4, 0.5) is 0 Å². The number of hydrogen-bond donors (Lipinski definition) is 1. The number of carbonyl (C=O) groups excluding carboxylic acids is 1. The van der Waals surface area contributed by atoms with Crippen LogP contribution in [0.3, 0.4) is 0 Å². The van der Waals surface area contributed by atoms with E-state index < -0.39 is 0 Å². The van der Waals surface area contributed by atoms with Gasteiger partial charge in [-0.1, -0.05) is 25.4 Å². The van der Waals surface area contributed by atoms with E-state index in [1.54, 1.807) is 18.2 Å². The molecule has 1 aliphatic rings. The molecule has 18 heavy (non-hydrogen) atoms. The Morgan fingerprint density at radius 2 is 2.22 bits per heavy atom. The Balaban J connectivity index is 2.28. The number of benzene rings is 1. The maximum atomic E-state index is 12.1. The van der Waals surface area contributed by atoms with Gasteiger partial charge in [-0.25, -0.2) is 0 Å². The number of Topliss-reactive ketones (excluding diaryl/α,β-unsaturated/α-hetero) is 1. The molecule has 0 fully saturated rings. The van der Waals surface area contributed by atoms with E-state index in [1.165, 1.54) is 0 Å². The fourth-order valence-electron chi connectivity index (χ4n) is 2.18. The van der Waals surface area contributed by atoms with Gasteiger partial charge in [-0.2, -0.15) is 0 Å². The van der Waals surface area contributed by atoms with Crippen LogP contribution in [0.15, 0.2) is 18.2 Å². The van der Waals surface area contributed by atoms with E-state index in [4.69, 9.17) is 21.4 Å². The molecule has 1 heterocycles. The van der Waals surface area contributed by atoms with Crippen molar-refractivity contribution in [3.63, 3.8) is 0 Å². The van der Waals surface area contributed by atoms with Crippen molar-refractivity contribution < 1.29 is 14.6 Å². The van der Waals surface area contributed by atoms with E-state index in [-0.39, 0.29) is 23.9 Å². The third kappa shape index (κ3) is 2.52. The van der Waals surface area contributed by atoms with E-state index in [9.17, 15) is 4.79 Å². The first-order chi connectivity index (χ1) is 8.44. The molecular weight excluding hydrogens is 252 g/mol. The summed E-state index contributed by atoms with van der Waals surface area (Å²) in [5.41, 5.74) is 0.320. The molecule has 4 heteroatoms. The highest BCUT2D eigenvalue weighted by Gasteiger charge is 2.37. The van der Waals surface area contributed by atoms with Crippen LogP contribution in [-0.2, 0) is 0 Å². The maximum Gasteiger partial charge on any atom is 0.170 e. The Labute approximate surface area is 112 Å². The Bertz CT molecular complexity index is 468. The highest BCUT2D eigenvalue weighted by Crippen LogP contribution is 2.37. The lowest BCUT2D eigenvalue weighted by Crippen LogP contribution is -2.40. The van der Waals surface area contributed by atoms with Gasteiger partial charge >= 0.3 is 0 Å². The molecule has 1 atom stereocenters. The molecule has 0 radical (unpaired) electrons. The van der Waals surface area contributed by atoms with Gasteiger partial charge in [0.2, 0.25) is 0 Å². The van der Waals surface area contributed by atoms with Crippen molar-refractivity contribution in [2.45, 2.75) is 32.8 Å². The van der Waals surface area contributed by atoms with E-state index >= 15 is 0 Å². The molecule has 0 aliphatic carbocycles. The molecule has 1 aromatic carbocycles. The number of fused-ring (bicyclic) bond motifs is 1. The second-order valence-corrected chi connectivity index (χ2v) is 5.77. The predicted molar refractivity (Wildman–Crippen MR) is 70.3 cm³/mol. The first kappa shape index (κ1) is 13.4. The van der Waals surface area contributed by atoms with Gasteiger partial charge in [0.05, 0.1) is 5.56 Å². The summed E-state index contributed by atoms with van der Waals surface area (Å²) in [5.74, 6) is 0.640. The van der Waals surface area contributed by atoms with Crippen molar-refractivity contribution in [3.05, 3.63) is 28.8 Å². The van der Waals surface area contributed by atoms with Crippen molar-refractivity contribution >= 4 is 17.4 Å². The number of ketones is 1. The third-order valence-electron chi connectivity index (χ3n) is 3.51. The second-order valence-electron chi connectivity index (χ2n) is 5.34. The maximum absolute atomic E-state index is 12.1. The molecule has 0 saturated carbocycles. The van der Waals surface area contributed by atoms with Crippen LogP contribution < -0.4 is 4.74 Å². The molecule has 1 aromatic rings. The SMILES string of the molecule is CC(C)(CCO)[C@@H]1CC(=O)c2cc(Cl)ccc2O1. The lowest BCUT2D eigenvalue weighted by Gasteiger charge is -2.36. The highest BCUT2D eigenvalue weighted by molar-refractivity contribution is 6.31. The molecule has 2 rings (SSSR count). The summed E-state index contributed by atoms with van der Waals surface area (Å²) in [4.78, 5) is 12.1. The van der Waals surface area contributed by atoms with Crippen LogP contribution in [0.1, 0.15) is 37.0 Å². The van der Waals surface area contributed by atoms with Gasteiger partial charge in [-0.15, -0.1) is 0 Å². The zero-order valence-electron chi connectivity index (χ0n) is 10.6. The summed E-state index contributed by atoms with van der Waals surface area (Å²) in [5, 5.41) is 9.61. The minimum atomic E-state index is -0.234. The van der Waals surface area contributed by atoms with Crippen LogP contribution in [0, 0.1) is 5.41 Å². The molecule has 1 N–H and O–H groups in total. The first-order valence-electron chi connectivity index (χ1n) is 6.04. The van der Waals surface area contributed by atoms with Gasteiger partial charge in [0.25, 0.3) is 0 Å². The van der Waals surface area contributed by atoms with Crippen LogP contribution in [0.5, 0.6) is 5.75 Å². The van der Waals surface area contributed by atoms with Crippen LogP contribution in [0.2, 0.25) is 5.02 Å². The van der Waals surface area contributed by atoms with Crippen molar-refractivity contribution in [2.75, 3.05) is 6.61 Å². The van der Waals surface area contributed by atoms with Gasteiger partial charge < -0.3 is 9.84 Å². The monoisotopic (exact) mass is 268 g/mol. The molecule has 98 valence electrons. The number of halogens is 1. The molecule has 0 bridgehead atoms. The van der Waals surface area contributed by atoms with E-state index in [1.807, 2.05) is 13.8 Å². The fraction of sp³-hybridized carbons (Fsp3) is 0.500. The Hall–Kier alpha value is -1.06. The first-order valence-corrected chi connectivity index (χ1v) is 6.42. The number of rotatable bonds is 3. The quantitative estimate of drug-likeness (QED) is 0.916. The van der Waals surface area contributed by atoms with Gasteiger partial charge in [-0.05, 0) is 24.6 Å². The molecule has 0 saturated heterocycles. The van der Waals surface area contributed by atoms with Gasteiger partial charge in [-0.3, -0.25) is 4.79 Å². The van der Waals surface area contributed by atoms with Crippen molar-refractivity contribution in [2.24, 2.45) is 5.41 Å². The molecule has 1 aliphatic heterocycles. The van der Waals surface area contributed by atoms with Gasteiger partial charge in [0.15, 0.2) is 5.78 Å². The summed E-state index contributed by atoms with van der Waals surface area (Å²) >= 11 is 5.88. The van der Waals surface area contributed by atoms with E-state index in [0.29, 0.717) is 29.2 Å². The average molecular weight is 269 g/mol. The minimum Gasteiger partial charge on any atom is -0.489 e. The second kappa shape index (κ2) is 4.90. The smallest absolute Gasteiger partial charge is 0.170 e. The van der Waals surface area contributed by atoms with E-state index in [0.717, 1.165) is 0 Å². The molecule has 0 aromatic heterocycles. The molecule has 0 unspecified atom stereocenters. The Kier molecular flexibility index (Phi) is 3.64. The van der Waals surface area contributed by atoms with Gasteiger partial charge in [0, 0.05) is 23.5 Å². The summed E-state index contributed by atoms with van der Waals surface area (Å²) in [7, 11) is 0. The van der Waals surface area contributed by atoms with Crippen molar-refractivity contribution in [1.29, 1.82) is 0 Å².